The minimum absolute atomic E-state index is 0.109. The van der Waals surface area contributed by atoms with E-state index >= 15 is 0 Å². The zero-order valence-electron chi connectivity index (χ0n) is 9.84. The van der Waals surface area contributed by atoms with Crippen LogP contribution in [-0.2, 0) is 6.42 Å². The Bertz CT molecular complexity index is 578. The van der Waals surface area contributed by atoms with Crippen molar-refractivity contribution in [2.24, 2.45) is 5.73 Å². The molecule has 19 heavy (non-hydrogen) atoms. The minimum Gasteiger partial charge on any atom is -0.324 e. The van der Waals surface area contributed by atoms with Crippen LogP contribution in [0.15, 0.2) is 36.4 Å². The van der Waals surface area contributed by atoms with E-state index in [0.717, 1.165) is 30.3 Å². The fraction of sp³-hybridized carbons (Fsp3) is 0.143. The number of nitrogens with two attached hydrogens (primary N) is 1. The van der Waals surface area contributed by atoms with Gasteiger partial charge in [0.05, 0.1) is 0 Å². The standard InChI is InChI=1S/C14H11F4N/c15-8-4-5-13(18)10(6-8)14(19)7-9-11(16)2-1-3-12(9)17/h1-6,14H,7,19H2. The lowest BCUT2D eigenvalue weighted by Gasteiger charge is -2.14. The molecule has 1 atom stereocenters. The first-order valence-electron chi connectivity index (χ1n) is 5.62. The van der Waals surface area contributed by atoms with Gasteiger partial charge in [0.2, 0.25) is 0 Å². The Labute approximate surface area is 107 Å². The molecule has 1 unspecified atom stereocenters. The van der Waals surface area contributed by atoms with Crippen LogP contribution >= 0.6 is 0 Å². The second-order valence-corrected chi connectivity index (χ2v) is 4.18. The van der Waals surface area contributed by atoms with Crippen LogP contribution in [-0.4, -0.2) is 0 Å². The van der Waals surface area contributed by atoms with Gasteiger partial charge in [-0.2, -0.15) is 0 Å². The van der Waals surface area contributed by atoms with Crippen LogP contribution in [0.25, 0.3) is 0 Å². The normalized spacial score (nSPS) is 12.5. The van der Waals surface area contributed by atoms with Gasteiger partial charge in [0.15, 0.2) is 0 Å². The molecule has 2 N–H and O–H groups in total. The molecule has 5 heteroatoms. The molecule has 0 fully saturated rings. The monoisotopic (exact) mass is 269 g/mol. The molecule has 0 saturated heterocycles. The highest BCUT2D eigenvalue weighted by atomic mass is 19.1. The summed E-state index contributed by atoms with van der Waals surface area (Å²) < 4.78 is 53.4. The molecular formula is C14H11F4N. The van der Waals surface area contributed by atoms with Gasteiger partial charge in [-0.25, -0.2) is 17.6 Å². The molecule has 0 aliphatic heterocycles. The highest BCUT2D eigenvalue weighted by Gasteiger charge is 2.17. The van der Waals surface area contributed by atoms with E-state index in [1.165, 1.54) is 6.07 Å². The molecule has 100 valence electrons. The average molecular weight is 269 g/mol. The zero-order valence-corrected chi connectivity index (χ0v) is 9.84. The molecule has 0 bridgehead atoms. The quantitative estimate of drug-likeness (QED) is 0.848. The van der Waals surface area contributed by atoms with E-state index in [2.05, 4.69) is 0 Å². The molecule has 0 heterocycles. The molecule has 0 aliphatic rings. The Morgan fingerprint density at radius 2 is 1.53 bits per heavy atom. The van der Waals surface area contributed by atoms with Gasteiger partial charge in [0.1, 0.15) is 23.3 Å². The molecule has 0 aromatic heterocycles. The molecule has 0 spiro atoms. The van der Waals surface area contributed by atoms with Crippen molar-refractivity contribution in [1.29, 1.82) is 0 Å². The number of hydrogen-bond acceptors (Lipinski definition) is 1. The maximum atomic E-state index is 13.5. The second kappa shape index (κ2) is 5.40. The van der Waals surface area contributed by atoms with Gasteiger partial charge >= 0.3 is 0 Å². The van der Waals surface area contributed by atoms with E-state index in [1.54, 1.807) is 0 Å². The summed E-state index contributed by atoms with van der Waals surface area (Å²) >= 11 is 0. The average Bonchev–Trinajstić information content (AvgIpc) is 2.37. The van der Waals surface area contributed by atoms with Crippen LogP contribution in [0, 0.1) is 23.3 Å². The summed E-state index contributed by atoms with van der Waals surface area (Å²) in [4.78, 5) is 0. The summed E-state index contributed by atoms with van der Waals surface area (Å²) in [5, 5.41) is 0. The summed E-state index contributed by atoms with van der Waals surface area (Å²) in [5.74, 6) is -2.87. The summed E-state index contributed by atoms with van der Waals surface area (Å²) in [7, 11) is 0. The Hall–Kier alpha value is -1.88. The molecule has 2 aromatic carbocycles. The maximum absolute atomic E-state index is 13.5. The van der Waals surface area contributed by atoms with Crippen molar-refractivity contribution in [3.8, 4) is 0 Å². The number of benzene rings is 2. The largest absolute Gasteiger partial charge is 0.324 e. The van der Waals surface area contributed by atoms with Crippen LogP contribution in [0.1, 0.15) is 17.2 Å². The predicted molar refractivity (Wildman–Crippen MR) is 63.3 cm³/mol. The number of rotatable bonds is 3. The van der Waals surface area contributed by atoms with E-state index in [-0.39, 0.29) is 17.5 Å². The van der Waals surface area contributed by atoms with Crippen molar-refractivity contribution >= 4 is 0 Å². The van der Waals surface area contributed by atoms with Gasteiger partial charge in [-0.1, -0.05) is 6.07 Å². The molecule has 0 radical (unpaired) electrons. The summed E-state index contributed by atoms with van der Waals surface area (Å²) in [6.45, 7) is 0. The molecule has 1 nitrogen and oxygen atoms in total. The van der Waals surface area contributed by atoms with Crippen molar-refractivity contribution < 1.29 is 17.6 Å². The summed E-state index contributed by atoms with van der Waals surface area (Å²) in [6, 6.07) is 5.20. The highest BCUT2D eigenvalue weighted by molar-refractivity contribution is 5.27. The van der Waals surface area contributed by atoms with Crippen molar-refractivity contribution in [2.75, 3.05) is 0 Å². The first kappa shape index (κ1) is 13.5. The Morgan fingerprint density at radius 1 is 0.895 bits per heavy atom. The first-order chi connectivity index (χ1) is 8.99. The van der Waals surface area contributed by atoms with Gasteiger partial charge in [-0.05, 0) is 36.8 Å². The van der Waals surface area contributed by atoms with Crippen LogP contribution in [0.2, 0.25) is 0 Å². The van der Waals surface area contributed by atoms with E-state index in [1.807, 2.05) is 0 Å². The van der Waals surface area contributed by atoms with Crippen LogP contribution in [0.5, 0.6) is 0 Å². The van der Waals surface area contributed by atoms with Crippen LogP contribution < -0.4 is 5.73 Å². The summed E-state index contributed by atoms with van der Waals surface area (Å²) in [6.07, 6.45) is -0.251. The number of halogens is 4. The Morgan fingerprint density at radius 3 is 2.16 bits per heavy atom. The van der Waals surface area contributed by atoms with Crippen molar-refractivity contribution in [3.05, 3.63) is 70.8 Å². The van der Waals surface area contributed by atoms with E-state index in [0.29, 0.717) is 0 Å². The van der Waals surface area contributed by atoms with Gasteiger partial charge in [-0.3, -0.25) is 0 Å². The topological polar surface area (TPSA) is 26.0 Å². The van der Waals surface area contributed by atoms with Gasteiger partial charge < -0.3 is 5.73 Å². The third-order valence-electron chi connectivity index (χ3n) is 2.84. The molecule has 2 aromatic rings. The fourth-order valence-corrected chi connectivity index (χ4v) is 1.86. The summed E-state index contributed by atoms with van der Waals surface area (Å²) in [5.41, 5.74) is 5.35. The minimum atomic E-state index is -1.03. The number of hydrogen-bond donors (Lipinski definition) is 1. The smallest absolute Gasteiger partial charge is 0.129 e. The molecule has 2 rings (SSSR count). The van der Waals surface area contributed by atoms with E-state index in [4.69, 9.17) is 5.73 Å². The second-order valence-electron chi connectivity index (χ2n) is 4.18. The van der Waals surface area contributed by atoms with Gasteiger partial charge in [0, 0.05) is 17.2 Å². The third kappa shape index (κ3) is 2.93. The lowest BCUT2D eigenvalue weighted by Crippen LogP contribution is -2.17. The lowest BCUT2D eigenvalue weighted by atomic mass is 9.98. The van der Waals surface area contributed by atoms with E-state index in [9.17, 15) is 17.6 Å². The van der Waals surface area contributed by atoms with Crippen LogP contribution in [0.4, 0.5) is 17.6 Å². The molecule has 0 saturated carbocycles. The third-order valence-corrected chi connectivity index (χ3v) is 2.84. The Balaban J connectivity index is 2.31. The van der Waals surface area contributed by atoms with Crippen molar-refractivity contribution in [3.63, 3.8) is 0 Å². The Kier molecular flexibility index (Phi) is 3.85. The van der Waals surface area contributed by atoms with Gasteiger partial charge in [0.25, 0.3) is 0 Å². The lowest BCUT2D eigenvalue weighted by molar-refractivity contribution is 0.524. The predicted octanol–water partition coefficient (Wildman–Crippen LogP) is 3.49. The zero-order chi connectivity index (χ0) is 14.0. The van der Waals surface area contributed by atoms with Crippen LogP contribution in [0.3, 0.4) is 0 Å². The molecular weight excluding hydrogens is 258 g/mol. The highest BCUT2D eigenvalue weighted by Crippen LogP contribution is 2.23. The van der Waals surface area contributed by atoms with E-state index < -0.39 is 29.3 Å². The van der Waals surface area contributed by atoms with Crippen molar-refractivity contribution in [1.82, 2.24) is 0 Å². The molecule has 0 aliphatic carbocycles. The maximum Gasteiger partial charge on any atom is 0.129 e. The fourth-order valence-electron chi connectivity index (χ4n) is 1.86. The van der Waals surface area contributed by atoms with Gasteiger partial charge in [-0.15, -0.1) is 0 Å². The van der Waals surface area contributed by atoms with Crippen molar-refractivity contribution in [2.45, 2.75) is 12.5 Å². The molecule has 0 amide bonds. The SMILES string of the molecule is NC(Cc1c(F)cccc1F)c1cc(F)ccc1F. The first-order valence-corrected chi connectivity index (χ1v) is 5.62.